The molecule has 11 heavy (non-hydrogen) atoms. The van der Waals surface area contributed by atoms with E-state index in [0.717, 1.165) is 0 Å². The van der Waals surface area contributed by atoms with E-state index < -0.39 is 12.3 Å². The predicted molar refractivity (Wildman–Crippen MR) is 33.0 cm³/mol. The number of ether oxygens (including phenoxy) is 1. The summed E-state index contributed by atoms with van der Waals surface area (Å²) in [5.74, 6) is 0. The lowest BCUT2D eigenvalue weighted by Gasteiger charge is -2.28. The third kappa shape index (κ3) is 2.34. The Morgan fingerprint density at radius 1 is 1.36 bits per heavy atom. The van der Waals surface area contributed by atoms with Gasteiger partial charge in [-0.25, -0.2) is 0 Å². The molecular formula is C6H10F3NO. The molecule has 0 radical (unpaired) electrons. The first-order valence-electron chi connectivity index (χ1n) is 3.44. The second-order valence-corrected chi connectivity index (χ2v) is 2.69. The van der Waals surface area contributed by atoms with Gasteiger partial charge < -0.3 is 10.5 Å². The first-order valence-corrected chi connectivity index (χ1v) is 3.44. The Hall–Kier alpha value is -0.290. The van der Waals surface area contributed by atoms with Gasteiger partial charge in [-0.1, -0.05) is 0 Å². The van der Waals surface area contributed by atoms with Crippen molar-refractivity contribution in [3.63, 3.8) is 0 Å². The van der Waals surface area contributed by atoms with Crippen LogP contribution in [-0.4, -0.2) is 24.9 Å². The van der Waals surface area contributed by atoms with Gasteiger partial charge in [-0.15, -0.1) is 0 Å². The van der Waals surface area contributed by atoms with Gasteiger partial charge in [-0.3, -0.25) is 0 Å². The van der Waals surface area contributed by atoms with Gasteiger partial charge in [-0.2, -0.15) is 13.2 Å². The molecule has 5 heteroatoms. The van der Waals surface area contributed by atoms with Crippen LogP contribution in [0.3, 0.4) is 0 Å². The summed E-state index contributed by atoms with van der Waals surface area (Å²) >= 11 is 0. The third-order valence-electron chi connectivity index (χ3n) is 1.69. The van der Waals surface area contributed by atoms with Gasteiger partial charge >= 0.3 is 6.18 Å². The minimum absolute atomic E-state index is 0.108. The lowest BCUT2D eigenvalue weighted by molar-refractivity contribution is -0.231. The topological polar surface area (TPSA) is 35.2 Å². The van der Waals surface area contributed by atoms with Crippen molar-refractivity contribution in [2.24, 2.45) is 5.73 Å². The summed E-state index contributed by atoms with van der Waals surface area (Å²) in [7, 11) is 0. The second-order valence-electron chi connectivity index (χ2n) is 2.69. The molecule has 2 atom stereocenters. The van der Waals surface area contributed by atoms with Crippen LogP contribution >= 0.6 is 0 Å². The zero-order chi connectivity index (χ0) is 8.48. The molecule has 0 spiro atoms. The quantitative estimate of drug-likeness (QED) is 0.588. The first-order chi connectivity index (χ1) is 5.00. The predicted octanol–water partition coefficient (Wildman–Crippen LogP) is 1.05. The van der Waals surface area contributed by atoms with Crippen LogP contribution in [0.4, 0.5) is 13.2 Å². The van der Waals surface area contributed by atoms with Gasteiger partial charge in [0.05, 0.1) is 0 Å². The molecule has 1 aliphatic heterocycles. The molecule has 0 bridgehead atoms. The Labute approximate surface area is 62.5 Å². The number of alkyl halides is 3. The monoisotopic (exact) mass is 169 g/mol. The van der Waals surface area contributed by atoms with Crippen molar-refractivity contribution in [3.05, 3.63) is 0 Å². The van der Waals surface area contributed by atoms with Crippen molar-refractivity contribution in [3.8, 4) is 0 Å². The minimum Gasteiger partial charge on any atom is -0.369 e. The molecule has 0 amide bonds. The van der Waals surface area contributed by atoms with Gasteiger partial charge in [0.2, 0.25) is 0 Å². The lowest BCUT2D eigenvalue weighted by Crippen LogP contribution is -2.42. The number of halogens is 3. The Morgan fingerprint density at radius 2 is 2.00 bits per heavy atom. The summed E-state index contributed by atoms with van der Waals surface area (Å²) in [6.45, 7) is 0.116. The summed E-state index contributed by atoms with van der Waals surface area (Å²) in [5, 5.41) is 0. The smallest absolute Gasteiger partial charge is 0.369 e. The molecule has 0 aromatic carbocycles. The number of hydrogen-bond donors (Lipinski definition) is 1. The van der Waals surface area contributed by atoms with Crippen molar-refractivity contribution in [2.75, 3.05) is 6.61 Å². The maximum atomic E-state index is 11.9. The molecule has 1 aliphatic rings. The van der Waals surface area contributed by atoms with Crippen LogP contribution in [0, 0.1) is 0 Å². The number of hydrogen-bond acceptors (Lipinski definition) is 2. The van der Waals surface area contributed by atoms with Crippen molar-refractivity contribution >= 4 is 0 Å². The van der Waals surface area contributed by atoms with Gasteiger partial charge in [0.15, 0.2) is 6.10 Å². The van der Waals surface area contributed by atoms with Crippen LogP contribution < -0.4 is 5.73 Å². The van der Waals surface area contributed by atoms with Gasteiger partial charge in [-0.05, 0) is 12.8 Å². The number of nitrogens with two attached hydrogens (primary N) is 1. The first kappa shape index (κ1) is 8.80. The standard InChI is InChI=1S/C6H10F3NO/c7-6(8,9)5-3-4(10)1-2-11-5/h4-5H,1-3,10H2. The van der Waals surface area contributed by atoms with Gasteiger partial charge in [0.1, 0.15) is 0 Å². The third-order valence-corrected chi connectivity index (χ3v) is 1.69. The molecule has 1 heterocycles. The summed E-state index contributed by atoms with van der Waals surface area (Å²) < 4.78 is 40.3. The van der Waals surface area contributed by atoms with Crippen LogP contribution in [0.15, 0.2) is 0 Å². The van der Waals surface area contributed by atoms with E-state index in [9.17, 15) is 13.2 Å². The molecule has 2 nitrogen and oxygen atoms in total. The highest BCUT2D eigenvalue weighted by Crippen LogP contribution is 2.28. The minimum atomic E-state index is -4.25. The molecule has 2 unspecified atom stereocenters. The molecule has 1 saturated heterocycles. The van der Waals surface area contributed by atoms with Crippen LogP contribution in [0.25, 0.3) is 0 Å². The van der Waals surface area contributed by atoms with Gasteiger partial charge in [0, 0.05) is 12.6 Å². The fraction of sp³-hybridized carbons (Fsp3) is 1.00. The summed E-state index contributed by atoms with van der Waals surface area (Å²) in [4.78, 5) is 0. The van der Waals surface area contributed by atoms with E-state index >= 15 is 0 Å². The van der Waals surface area contributed by atoms with E-state index in [1.54, 1.807) is 0 Å². The maximum Gasteiger partial charge on any atom is 0.414 e. The highest BCUT2D eigenvalue weighted by molar-refractivity contribution is 4.78. The average Bonchev–Trinajstić information content (AvgIpc) is 1.86. The van der Waals surface area contributed by atoms with Crippen molar-refractivity contribution in [2.45, 2.75) is 31.2 Å². The highest BCUT2D eigenvalue weighted by atomic mass is 19.4. The lowest BCUT2D eigenvalue weighted by atomic mass is 10.0. The molecule has 1 fully saturated rings. The van der Waals surface area contributed by atoms with E-state index in [2.05, 4.69) is 4.74 Å². The molecule has 0 aromatic rings. The SMILES string of the molecule is NC1CCOC(C(F)(F)F)C1. The molecule has 0 aliphatic carbocycles. The van der Waals surface area contributed by atoms with Crippen LogP contribution in [-0.2, 0) is 4.74 Å². The van der Waals surface area contributed by atoms with E-state index in [1.165, 1.54) is 0 Å². The summed E-state index contributed by atoms with van der Waals surface area (Å²) in [5.41, 5.74) is 5.34. The molecule has 66 valence electrons. The zero-order valence-electron chi connectivity index (χ0n) is 5.90. The van der Waals surface area contributed by atoms with Crippen LogP contribution in [0.1, 0.15) is 12.8 Å². The van der Waals surface area contributed by atoms with Crippen molar-refractivity contribution < 1.29 is 17.9 Å². The molecule has 0 aromatic heterocycles. The molecule has 1 rings (SSSR count). The highest BCUT2D eigenvalue weighted by Gasteiger charge is 2.42. The van der Waals surface area contributed by atoms with E-state index in [0.29, 0.717) is 6.42 Å². The van der Waals surface area contributed by atoms with Crippen LogP contribution in [0.2, 0.25) is 0 Å². The summed E-state index contributed by atoms with van der Waals surface area (Å²) in [6, 6.07) is -0.365. The molecule has 0 saturated carbocycles. The van der Waals surface area contributed by atoms with Crippen LogP contribution in [0.5, 0.6) is 0 Å². The molecule has 2 N–H and O–H groups in total. The molecular weight excluding hydrogens is 159 g/mol. The largest absolute Gasteiger partial charge is 0.414 e. The fourth-order valence-corrected chi connectivity index (χ4v) is 1.05. The van der Waals surface area contributed by atoms with Gasteiger partial charge in [0.25, 0.3) is 0 Å². The van der Waals surface area contributed by atoms with E-state index in [4.69, 9.17) is 5.73 Å². The normalized spacial score (nSPS) is 33.8. The van der Waals surface area contributed by atoms with E-state index in [-0.39, 0.29) is 19.1 Å². The Bertz CT molecular complexity index is 136. The van der Waals surface area contributed by atoms with E-state index in [1.807, 2.05) is 0 Å². The maximum absolute atomic E-state index is 11.9. The zero-order valence-corrected chi connectivity index (χ0v) is 5.90. The van der Waals surface area contributed by atoms with Crippen molar-refractivity contribution in [1.29, 1.82) is 0 Å². The Morgan fingerprint density at radius 3 is 2.36 bits per heavy atom. The fourth-order valence-electron chi connectivity index (χ4n) is 1.05. The summed E-state index contributed by atoms with van der Waals surface area (Å²) in [6.07, 6.45) is -5.49. The Kier molecular flexibility index (Phi) is 2.39. The Balaban J connectivity index is 2.46. The second kappa shape index (κ2) is 2.98. The van der Waals surface area contributed by atoms with Crippen molar-refractivity contribution in [1.82, 2.24) is 0 Å². The number of rotatable bonds is 0. The average molecular weight is 169 g/mol.